The molecule has 0 aliphatic heterocycles. The van der Waals surface area contributed by atoms with Crippen molar-refractivity contribution in [3.63, 3.8) is 0 Å². The summed E-state index contributed by atoms with van der Waals surface area (Å²) < 4.78 is 5.67. The number of nitrogens with zero attached hydrogens (tertiary/aromatic N) is 2. The summed E-state index contributed by atoms with van der Waals surface area (Å²) in [7, 11) is 1.54. The lowest BCUT2D eigenvalue weighted by molar-refractivity contribution is -0.120. The van der Waals surface area contributed by atoms with E-state index in [0.29, 0.717) is 23.5 Å². The molecule has 2 aromatic rings. The fourth-order valence-corrected chi connectivity index (χ4v) is 3.22. The van der Waals surface area contributed by atoms with Crippen molar-refractivity contribution in [2.45, 2.75) is 31.1 Å². The zero-order chi connectivity index (χ0) is 20.4. The molecule has 148 valence electrons. The normalized spacial score (nSPS) is 12.6. The van der Waals surface area contributed by atoms with Crippen LogP contribution in [0.1, 0.15) is 29.8 Å². The summed E-state index contributed by atoms with van der Waals surface area (Å²) in [4.78, 5) is 38.0. The average molecular weight is 401 g/mol. The van der Waals surface area contributed by atoms with Gasteiger partial charge in [0.05, 0.1) is 10.9 Å². The molecule has 2 unspecified atom stereocenters. The number of aromatic nitrogens is 1. The van der Waals surface area contributed by atoms with Gasteiger partial charge in [0.25, 0.3) is 0 Å². The Morgan fingerprint density at radius 1 is 1.25 bits per heavy atom. The Morgan fingerprint density at radius 3 is 2.50 bits per heavy atom. The fourth-order valence-electron chi connectivity index (χ4n) is 2.55. The third-order valence-electron chi connectivity index (χ3n) is 4.24. The SMILES string of the molecule is CCc1ccc(C(COc2ccc(CC(SC=O)C(=O)NC)cc2)N=O)nc1. The van der Waals surface area contributed by atoms with Crippen molar-refractivity contribution in [1.82, 2.24) is 10.3 Å². The van der Waals surface area contributed by atoms with Crippen LogP contribution in [0, 0.1) is 4.91 Å². The van der Waals surface area contributed by atoms with Crippen LogP contribution in [0.2, 0.25) is 0 Å². The van der Waals surface area contributed by atoms with E-state index in [9.17, 15) is 14.5 Å². The molecule has 7 nitrogen and oxygen atoms in total. The lowest BCUT2D eigenvalue weighted by Gasteiger charge is -2.13. The maximum Gasteiger partial charge on any atom is 0.233 e. The van der Waals surface area contributed by atoms with Gasteiger partial charge in [-0.15, -0.1) is 4.91 Å². The lowest BCUT2D eigenvalue weighted by atomic mass is 10.1. The second kappa shape index (κ2) is 11.2. The van der Waals surface area contributed by atoms with Crippen LogP contribution in [-0.4, -0.2) is 35.4 Å². The molecule has 8 heteroatoms. The van der Waals surface area contributed by atoms with Gasteiger partial charge in [0.1, 0.15) is 12.4 Å². The van der Waals surface area contributed by atoms with Crippen molar-refractivity contribution in [2.75, 3.05) is 13.7 Å². The molecule has 1 N–H and O–H groups in total. The number of thioether (sulfide) groups is 1. The highest BCUT2D eigenvalue weighted by atomic mass is 32.2. The summed E-state index contributed by atoms with van der Waals surface area (Å²) in [6, 6.07) is 10.2. The molecule has 0 fully saturated rings. The van der Waals surface area contributed by atoms with Crippen LogP contribution >= 0.6 is 11.8 Å². The predicted octanol–water partition coefficient (Wildman–Crippen LogP) is 3.11. The second-order valence-electron chi connectivity index (χ2n) is 6.06. The van der Waals surface area contributed by atoms with Crippen LogP contribution < -0.4 is 10.1 Å². The van der Waals surface area contributed by atoms with Gasteiger partial charge in [-0.3, -0.25) is 14.6 Å². The molecule has 1 heterocycles. The number of nitrogens with one attached hydrogen (secondary N) is 1. The first-order valence-corrected chi connectivity index (χ1v) is 9.85. The van der Waals surface area contributed by atoms with Gasteiger partial charge in [-0.2, -0.15) is 0 Å². The zero-order valence-electron chi connectivity index (χ0n) is 15.8. The van der Waals surface area contributed by atoms with Crippen LogP contribution in [-0.2, 0) is 22.4 Å². The Bertz CT molecular complexity index is 781. The van der Waals surface area contributed by atoms with E-state index in [1.165, 1.54) is 0 Å². The molecule has 0 bridgehead atoms. The van der Waals surface area contributed by atoms with Crippen LogP contribution in [0.15, 0.2) is 47.8 Å². The predicted molar refractivity (Wildman–Crippen MR) is 110 cm³/mol. The first-order valence-electron chi connectivity index (χ1n) is 8.91. The van der Waals surface area contributed by atoms with Gasteiger partial charge in [0.2, 0.25) is 5.91 Å². The molecule has 2 rings (SSSR count). The Morgan fingerprint density at radius 2 is 1.96 bits per heavy atom. The highest BCUT2D eigenvalue weighted by Gasteiger charge is 2.18. The third kappa shape index (κ3) is 6.16. The monoisotopic (exact) mass is 401 g/mol. The molecule has 28 heavy (non-hydrogen) atoms. The zero-order valence-corrected chi connectivity index (χ0v) is 16.6. The number of amides is 1. The maximum absolute atomic E-state index is 11.8. The number of hydrogen-bond acceptors (Lipinski definition) is 7. The number of carbonyl (C=O) groups is 2. The molecule has 0 saturated carbocycles. The first-order chi connectivity index (χ1) is 13.6. The van der Waals surface area contributed by atoms with Crippen LogP contribution in [0.4, 0.5) is 0 Å². The number of hydrogen-bond donors (Lipinski definition) is 1. The molecule has 0 aliphatic carbocycles. The van der Waals surface area contributed by atoms with E-state index in [1.807, 2.05) is 25.1 Å². The van der Waals surface area contributed by atoms with Crippen molar-refractivity contribution >= 4 is 23.3 Å². The van der Waals surface area contributed by atoms with E-state index in [0.717, 1.165) is 29.3 Å². The average Bonchev–Trinajstić information content (AvgIpc) is 2.74. The van der Waals surface area contributed by atoms with Crippen LogP contribution in [0.5, 0.6) is 5.75 Å². The molecule has 1 aromatic carbocycles. The molecular weight excluding hydrogens is 378 g/mol. The van der Waals surface area contributed by atoms with E-state index >= 15 is 0 Å². The van der Waals surface area contributed by atoms with E-state index in [2.05, 4.69) is 15.5 Å². The Kier molecular flexibility index (Phi) is 8.61. The summed E-state index contributed by atoms with van der Waals surface area (Å²) in [5.41, 5.74) is 3.23. The molecule has 2 atom stereocenters. The standard InChI is InChI=1S/C20H23N3O4S/c1-3-14-6-9-17(22-11-14)18(23-26)12-27-16-7-4-15(5-8-16)10-19(28-13-24)20(25)21-2/h4-9,11,13,18-19H,3,10,12H2,1-2H3,(H,21,25). The molecule has 1 amide bonds. The summed E-state index contributed by atoms with van der Waals surface area (Å²) in [5, 5.41) is 5.19. The number of carbonyl (C=O) groups excluding carboxylic acids is 2. The second-order valence-corrected chi connectivity index (χ2v) is 7.09. The summed E-state index contributed by atoms with van der Waals surface area (Å²) in [5.74, 6) is 0.390. The molecule has 0 saturated heterocycles. The van der Waals surface area contributed by atoms with Crippen molar-refractivity contribution in [3.05, 3.63) is 64.3 Å². The number of nitroso groups, excluding NO2 is 1. The molecule has 0 radical (unpaired) electrons. The van der Waals surface area contributed by atoms with Gasteiger partial charge in [-0.05, 0) is 42.2 Å². The summed E-state index contributed by atoms with van der Waals surface area (Å²) in [6.45, 7) is 2.12. The molecule has 0 aliphatic rings. The topological polar surface area (TPSA) is 97.7 Å². The maximum atomic E-state index is 11.8. The van der Waals surface area contributed by atoms with Gasteiger partial charge < -0.3 is 10.1 Å². The van der Waals surface area contributed by atoms with Crippen molar-refractivity contribution in [3.8, 4) is 5.75 Å². The highest BCUT2D eigenvalue weighted by Crippen LogP contribution is 2.21. The van der Waals surface area contributed by atoms with E-state index in [4.69, 9.17) is 4.74 Å². The Labute approximate surface area is 168 Å². The minimum Gasteiger partial charge on any atom is -0.491 e. The molecular formula is C20H23N3O4S. The van der Waals surface area contributed by atoms with E-state index in [1.54, 1.807) is 31.4 Å². The van der Waals surface area contributed by atoms with Gasteiger partial charge in [0.15, 0.2) is 11.7 Å². The Hall–Kier alpha value is -2.74. The first kappa shape index (κ1) is 21.6. The summed E-state index contributed by atoms with van der Waals surface area (Å²) >= 11 is 0.948. The number of benzene rings is 1. The number of pyridine rings is 1. The molecule has 1 aromatic heterocycles. The minimum absolute atomic E-state index is 0.0865. The van der Waals surface area contributed by atoms with Crippen molar-refractivity contribution in [2.24, 2.45) is 5.18 Å². The number of aryl methyl sites for hydroxylation is 1. The van der Waals surface area contributed by atoms with Crippen molar-refractivity contribution in [1.29, 1.82) is 0 Å². The van der Waals surface area contributed by atoms with Gasteiger partial charge >= 0.3 is 0 Å². The van der Waals surface area contributed by atoms with Gasteiger partial charge in [0, 0.05) is 13.2 Å². The quantitative estimate of drug-likeness (QED) is 0.459. The minimum atomic E-state index is -0.688. The van der Waals surface area contributed by atoms with E-state index in [-0.39, 0.29) is 12.5 Å². The highest BCUT2D eigenvalue weighted by molar-refractivity contribution is 8.13. The summed E-state index contributed by atoms with van der Waals surface area (Å²) in [6.07, 6.45) is 3.04. The van der Waals surface area contributed by atoms with E-state index < -0.39 is 11.3 Å². The number of ether oxygens (including phenoxy) is 1. The third-order valence-corrected chi connectivity index (χ3v) is 5.06. The Balaban J connectivity index is 1.96. The van der Waals surface area contributed by atoms with Gasteiger partial charge in [-0.25, -0.2) is 0 Å². The smallest absolute Gasteiger partial charge is 0.233 e. The van der Waals surface area contributed by atoms with Crippen molar-refractivity contribution < 1.29 is 14.3 Å². The molecule has 0 spiro atoms. The van der Waals surface area contributed by atoms with Crippen LogP contribution in [0.25, 0.3) is 0 Å². The largest absolute Gasteiger partial charge is 0.491 e. The fraction of sp³-hybridized carbons (Fsp3) is 0.350. The van der Waals surface area contributed by atoms with Gasteiger partial charge in [-0.1, -0.05) is 42.1 Å². The van der Waals surface area contributed by atoms with Crippen LogP contribution in [0.3, 0.4) is 0 Å². The number of rotatable bonds is 11. The lowest BCUT2D eigenvalue weighted by Crippen LogP contribution is -2.31.